The molecule has 166 valence electrons. The van der Waals surface area contributed by atoms with Crippen LogP contribution in [0.5, 0.6) is 0 Å². The molecular weight excluding hydrogens is 416 g/mol. The Kier molecular flexibility index (Phi) is 7.42. The Labute approximate surface area is 185 Å². The van der Waals surface area contributed by atoms with Gasteiger partial charge in [-0.15, -0.1) is 10.2 Å². The highest BCUT2D eigenvalue weighted by Gasteiger charge is 2.23. The summed E-state index contributed by atoms with van der Waals surface area (Å²) in [6.07, 6.45) is 5.40. The van der Waals surface area contributed by atoms with Crippen molar-refractivity contribution in [2.24, 2.45) is 0 Å². The zero-order valence-electron chi connectivity index (χ0n) is 17.5. The first kappa shape index (κ1) is 21.6. The summed E-state index contributed by atoms with van der Waals surface area (Å²) in [7, 11) is 0. The van der Waals surface area contributed by atoms with Crippen molar-refractivity contribution in [2.75, 3.05) is 37.0 Å². The van der Waals surface area contributed by atoms with Crippen LogP contribution < -0.4 is 15.5 Å². The number of carbonyl (C=O) groups excluding carboxylic acids is 2. The summed E-state index contributed by atoms with van der Waals surface area (Å²) in [5, 5.41) is 14.6. The lowest BCUT2D eigenvalue weighted by molar-refractivity contribution is -0.117. The van der Waals surface area contributed by atoms with Gasteiger partial charge in [0.1, 0.15) is 0 Å². The van der Waals surface area contributed by atoms with Crippen molar-refractivity contribution in [3.8, 4) is 5.69 Å². The Balaban J connectivity index is 1.40. The molecule has 0 atom stereocenters. The number of imide groups is 1. The van der Waals surface area contributed by atoms with Crippen LogP contribution in [-0.4, -0.2) is 64.8 Å². The van der Waals surface area contributed by atoms with E-state index >= 15 is 0 Å². The molecule has 2 aromatic rings. The van der Waals surface area contributed by atoms with Gasteiger partial charge in [0.15, 0.2) is 5.16 Å². The van der Waals surface area contributed by atoms with Crippen LogP contribution in [0, 0.1) is 0 Å². The van der Waals surface area contributed by atoms with E-state index in [-0.39, 0.29) is 17.7 Å². The molecule has 0 spiro atoms. The first-order valence-corrected chi connectivity index (χ1v) is 11.8. The van der Waals surface area contributed by atoms with Crippen LogP contribution in [0.2, 0.25) is 0 Å². The highest BCUT2D eigenvalue weighted by atomic mass is 32.2. The van der Waals surface area contributed by atoms with Crippen LogP contribution >= 0.6 is 11.8 Å². The first-order chi connectivity index (χ1) is 15.2. The van der Waals surface area contributed by atoms with Gasteiger partial charge in [0.2, 0.25) is 11.9 Å². The number of morpholine rings is 1. The molecule has 2 fully saturated rings. The molecule has 10 heteroatoms. The van der Waals surface area contributed by atoms with Crippen molar-refractivity contribution in [3.05, 3.63) is 30.3 Å². The third-order valence-corrected chi connectivity index (χ3v) is 6.38. The topological polar surface area (TPSA) is 101 Å². The van der Waals surface area contributed by atoms with Crippen molar-refractivity contribution in [1.82, 2.24) is 25.4 Å². The molecular formula is C21H28N6O3S. The molecule has 0 radical (unpaired) electrons. The SMILES string of the molecule is O=C(CSc1nnc(N2CCOCC2)n1-c1ccccc1)NC(=O)NC1CCCCC1. The molecule has 0 unspecified atom stereocenters. The quantitative estimate of drug-likeness (QED) is 0.660. The lowest BCUT2D eigenvalue weighted by atomic mass is 9.96. The Morgan fingerprint density at radius 1 is 1.06 bits per heavy atom. The number of nitrogens with one attached hydrogen (secondary N) is 2. The smallest absolute Gasteiger partial charge is 0.321 e. The molecule has 9 nitrogen and oxygen atoms in total. The third-order valence-electron chi connectivity index (χ3n) is 5.45. The average molecular weight is 445 g/mol. The summed E-state index contributed by atoms with van der Waals surface area (Å²) >= 11 is 1.26. The van der Waals surface area contributed by atoms with E-state index in [1.807, 2.05) is 34.9 Å². The van der Waals surface area contributed by atoms with E-state index in [0.717, 1.165) is 50.4 Å². The fraction of sp³-hybridized carbons (Fsp3) is 0.524. The molecule has 1 aliphatic carbocycles. The fourth-order valence-electron chi connectivity index (χ4n) is 3.89. The summed E-state index contributed by atoms with van der Waals surface area (Å²) in [4.78, 5) is 26.6. The number of ether oxygens (including phenoxy) is 1. The van der Waals surface area contributed by atoms with Crippen molar-refractivity contribution < 1.29 is 14.3 Å². The largest absolute Gasteiger partial charge is 0.378 e. The molecule has 0 bridgehead atoms. The zero-order chi connectivity index (χ0) is 21.5. The predicted octanol–water partition coefficient (Wildman–Crippen LogP) is 2.35. The second-order valence-corrected chi connectivity index (χ2v) is 8.64. The van der Waals surface area contributed by atoms with E-state index in [9.17, 15) is 9.59 Å². The van der Waals surface area contributed by atoms with E-state index in [0.29, 0.717) is 18.4 Å². The van der Waals surface area contributed by atoms with Gasteiger partial charge < -0.3 is 15.0 Å². The molecule has 31 heavy (non-hydrogen) atoms. The normalized spacial score (nSPS) is 17.4. The molecule has 1 aliphatic heterocycles. The molecule has 2 aliphatic rings. The standard InChI is InChI=1S/C21H28N6O3S/c28-18(23-19(29)22-16-7-3-1-4-8-16)15-31-21-25-24-20(26-11-13-30-14-12-26)27(21)17-9-5-2-6-10-17/h2,5-6,9-10,16H,1,3-4,7-8,11-15H2,(H2,22,23,28,29). The molecule has 1 saturated carbocycles. The number of nitrogens with zero attached hydrogens (tertiary/aromatic N) is 4. The average Bonchev–Trinajstić information content (AvgIpc) is 3.23. The van der Waals surface area contributed by atoms with Crippen molar-refractivity contribution in [3.63, 3.8) is 0 Å². The summed E-state index contributed by atoms with van der Waals surface area (Å²) in [6.45, 7) is 2.75. The van der Waals surface area contributed by atoms with Gasteiger partial charge >= 0.3 is 6.03 Å². The van der Waals surface area contributed by atoms with Gasteiger partial charge in [-0.3, -0.25) is 14.7 Å². The van der Waals surface area contributed by atoms with Gasteiger partial charge in [-0.05, 0) is 25.0 Å². The first-order valence-electron chi connectivity index (χ1n) is 10.8. The minimum Gasteiger partial charge on any atom is -0.378 e. The maximum absolute atomic E-state index is 12.3. The van der Waals surface area contributed by atoms with Crippen LogP contribution in [0.4, 0.5) is 10.7 Å². The number of aromatic nitrogens is 3. The minimum atomic E-state index is -0.420. The number of hydrogen-bond acceptors (Lipinski definition) is 7. The van der Waals surface area contributed by atoms with Crippen LogP contribution in [0.3, 0.4) is 0 Å². The van der Waals surface area contributed by atoms with Crippen LogP contribution in [0.25, 0.3) is 5.69 Å². The molecule has 2 N–H and O–H groups in total. The Hall–Kier alpha value is -2.59. The number of carbonyl (C=O) groups is 2. The number of benzene rings is 1. The lowest BCUT2D eigenvalue weighted by Crippen LogP contribution is -2.45. The zero-order valence-corrected chi connectivity index (χ0v) is 18.3. The van der Waals surface area contributed by atoms with Crippen molar-refractivity contribution in [2.45, 2.75) is 43.3 Å². The number of para-hydroxylation sites is 1. The fourth-order valence-corrected chi connectivity index (χ4v) is 4.64. The maximum Gasteiger partial charge on any atom is 0.321 e. The second-order valence-electron chi connectivity index (χ2n) is 7.70. The Bertz CT molecular complexity index is 878. The highest BCUT2D eigenvalue weighted by molar-refractivity contribution is 7.99. The Morgan fingerprint density at radius 3 is 2.55 bits per heavy atom. The van der Waals surface area contributed by atoms with E-state index in [1.54, 1.807) is 0 Å². The maximum atomic E-state index is 12.3. The van der Waals surface area contributed by atoms with Gasteiger partial charge in [-0.25, -0.2) is 4.79 Å². The predicted molar refractivity (Wildman–Crippen MR) is 119 cm³/mol. The minimum absolute atomic E-state index is 0.0756. The van der Waals surface area contributed by atoms with Crippen LogP contribution in [0.15, 0.2) is 35.5 Å². The number of rotatable bonds is 6. The monoisotopic (exact) mass is 444 g/mol. The van der Waals surface area contributed by atoms with Crippen LogP contribution in [-0.2, 0) is 9.53 Å². The van der Waals surface area contributed by atoms with E-state index in [4.69, 9.17) is 4.74 Å². The third kappa shape index (κ3) is 5.76. The number of hydrogen-bond donors (Lipinski definition) is 2. The van der Waals surface area contributed by atoms with Crippen molar-refractivity contribution in [1.29, 1.82) is 0 Å². The summed E-state index contributed by atoms with van der Waals surface area (Å²) in [5.41, 5.74) is 0.923. The van der Waals surface area contributed by atoms with Gasteiger partial charge in [0.05, 0.1) is 24.7 Å². The number of anilines is 1. The van der Waals surface area contributed by atoms with E-state index in [2.05, 4.69) is 25.7 Å². The Morgan fingerprint density at radius 2 is 1.81 bits per heavy atom. The summed E-state index contributed by atoms with van der Waals surface area (Å²) < 4.78 is 7.40. The number of amides is 3. The second kappa shape index (κ2) is 10.6. The van der Waals surface area contributed by atoms with Gasteiger partial charge in [0.25, 0.3) is 0 Å². The molecule has 1 saturated heterocycles. The van der Waals surface area contributed by atoms with Gasteiger partial charge in [0, 0.05) is 19.1 Å². The van der Waals surface area contributed by atoms with E-state index in [1.165, 1.54) is 18.2 Å². The van der Waals surface area contributed by atoms with Gasteiger partial charge in [-0.1, -0.05) is 49.2 Å². The van der Waals surface area contributed by atoms with Gasteiger partial charge in [-0.2, -0.15) is 0 Å². The number of thioether (sulfide) groups is 1. The molecule has 3 amide bonds. The number of urea groups is 1. The highest BCUT2D eigenvalue weighted by Crippen LogP contribution is 2.27. The molecule has 1 aromatic heterocycles. The summed E-state index contributed by atoms with van der Waals surface area (Å²) in [5.74, 6) is 0.452. The lowest BCUT2D eigenvalue weighted by Gasteiger charge is -2.27. The van der Waals surface area contributed by atoms with Crippen LogP contribution in [0.1, 0.15) is 32.1 Å². The summed E-state index contributed by atoms with van der Waals surface area (Å²) in [6, 6.07) is 9.56. The molecule has 2 heterocycles. The molecule has 1 aromatic carbocycles. The van der Waals surface area contributed by atoms with Crippen molar-refractivity contribution >= 4 is 29.6 Å². The van der Waals surface area contributed by atoms with E-state index < -0.39 is 6.03 Å². The molecule has 4 rings (SSSR count).